The third kappa shape index (κ3) is 4.59. The Morgan fingerprint density at radius 1 is 1.48 bits per heavy atom. The van der Waals surface area contributed by atoms with Gasteiger partial charge >= 0.3 is 5.97 Å². The maximum absolute atomic E-state index is 12.7. The molecule has 1 saturated heterocycles. The number of carboxylic acid groups (broad SMARTS) is 1. The van der Waals surface area contributed by atoms with Gasteiger partial charge in [-0.1, -0.05) is 17.8 Å². The summed E-state index contributed by atoms with van der Waals surface area (Å²) in [6.45, 7) is 1.72. The molecule has 2 aromatic heterocycles. The molecule has 2 aliphatic rings. The molecule has 0 bridgehead atoms. The lowest BCUT2D eigenvalue weighted by Gasteiger charge is -2.49. The SMILES string of the molecule is Cc1ncc(SCC2=C(C(=O)O)N3C(=O)C(NC(=O)CS(=O)c4cccs4)[C@@H]3SC2)o1. The van der Waals surface area contributed by atoms with E-state index in [0.29, 0.717) is 32.3 Å². The van der Waals surface area contributed by atoms with Crippen LogP contribution in [0.5, 0.6) is 0 Å². The summed E-state index contributed by atoms with van der Waals surface area (Å²) in [6, 6.07) is 2.60. The van der Waals surface area contributed by atoms with Gasteiger partial charge in [-0.25, -0.2) is 9.78 Å². The van der Waals surface area contributed by atoms with Crippen molar-refractivity contribution in [2.45, 2.75) is 27.6 Å². The number of hydrogen-bond donors (Lipinski definition) is 2. The highest BCUT2D eigenvalue weighted by Crippen LogP contribution is 2.41. The van der Waals surface area contributed by atoms with E-state index in [-0.39, 0.29) is 11.4 Å². The van der Waals surface area contributed by atoms with Gasteiger partial charge in [0.15, 0.2) is 11.0 Å². The van der Waals surface area contributed by atoms with E-state index < -0.39 is 40.0 Å². The Hall–Kier alpha value is -2.09. The molecule has 2 aliphatic heterocycles. The van der Waals surface area contributed by atoms with Crippen LogP contribution in [0, 0.1) is 6.92 Å². The van der Waals surface area contributed by atoms with Crippen LogP contribution in [0.15, 0.2) is 48.7 Å². The summed E-state index contributed by atoms with van der Waals surface area (Å²) in [7, 11) is -1.48. The Labute approximate surface area is 192 Å². The zero-order valence-corrected chi connectivity index (χ0v) is 19.4. The number of amides is 2. The van der Waals surface area contributed by atoms with Crippen LogP contribution in [-0.2, 0) is 25.2 Å². The summed E-state index contributed by atoms with van der Waals surface area (Å²) in [5.41, 5.74) is 0.551. The van der Waals surface area contributed by atoms with Gasteiger partial charge in [0.2, 0.25) is 5.91 Å². The second kappa shape index (κ2) is 9.18. The maximum Gasteiger partial charge on any atom is 0.352 e. The molecule has 1 fully saturated rings. The lowest BCUT2D eigenvalue weighted by atomic mass is 10.0. The van der Waals surface area contributed by atoms with Crippen LogP contribution in [0.4, 0.5) is 0 Å². The first kappa shape index (κ1) is 22.1. The highest BCUT2D eigenvalue weighted by atomic mass is 32.2. The van der Waals surface area contributed by atoms with Gasteiger partial charge in [0, 0.05) is 18.4 Å². The molecule has 2 amide bonds. The third-order valence-electron chi connectivity index (χ3n) is 4.54. The Balaban J connectivity index is 1.41. The van der Waals surface area contributed by atoms with Gasteiger partial charge in [0.05, 0.1) is 21.2 Å². The normalized spacial score (nSPS) is 21.5. The largest absolute Gasteiger partial charge is 0.477 e. The van der Waals surface area contributed by atoms with Gasteiger partial charge in [-0.3, -0.25) is 18.7 Å². The fourth-order valence-corrected chi connectivity index (χ4v) is 7.41. The van der Waals surface area contributed by atoms with Crippen LogP contribution in [-0.4, -0.2) is 65.7 Å². The number of carboxylic acids is 1. The quantitative estimate of drug-likeness (QED) is 0.411. The number of nitrogens with zero attached hydrogens (tertiary/aromatic N) is 2. The van der Waals surface area contributed by atoms with Crippen molar-refractivity contribution in [1.29, 1.82) is 0 Å². The summed E-state index contributed by atoms with van der Waals surface area (Å²) >= 11 is 3.99. The molecule has 0 radical (unpaired) electrons. The van der Waals surface area contributed by atoms with Crippen molar-refractivity contribution in [2.24, 2.45) is 0 Å². The molecule has 31 heavy (non-hydrogen) atoms. The second-order valence-electron chi connectivity index (χ2n) is 6.62. The lowest BCUT2D eigenvalue weighted by Crippen LogP contribution is -2.70. The van der Waals surface area contributed by atoms with E-state index in [1.807, 2.05) is 0 Å². The van der Waals surface area contributed by atoms with Crippen molar-refractivity contribution in [3.05, 3.63) is 40.9 Å². The number of rotatable bonds is 8. The van der Waals surface area contributed by atoms with E-state index in [1.165, 1.54) is 39.8 Å². The highest BCUT2D eigenvalue weighted by molar-refractivity contribution is 8.01. The van der Waals surface area contributed by atoms with E-state index in [9.17, 15) is 23.7 Å². The van der Waals surface area contributed by atoms with Crippen LogP contribution in [0.2, 0.25) is 0 Å². The number of thioether (sulfide) groups is 2. The predicted octanol–water partition coefficient (Wildman–Crippen LogP) is 1.68. The number of nitrogens with one attached hydrogen (secondary N) is 1. The van der Waals surface area contributed by atoms with E-state index in [1.54, 1.807) is 30.6 Å². The Kier molecular flexibility index (Phi) is 6.55. The minimum atomic E-state index is -1.48. The molecule has 2 unspecified atom stereocenters. The molecule has 9 nitrogen and oxygen atoms in total. The van der Waals surface area contributed by atoms with Crippen molar-refractivity contribution in [3.8, 4) is 0 Å². The number of fused-ring (bicyclic) bond motifs is 1. The van der Waals surface area contributed by atoms with Crippen LogP contribution >= 0.6 is 34.9 Å². The lowest BCUT2D eigenvalue weighted by molar-refractivity contribution is -0.150. The molecular weight excluding hydrogens is 482 g/mol. The Morgan fingerprint density at radius 2 is 2.29 bits per heavy atom. The topological polar surface area (TPSA) is 130 Å². The Morgan fingerprint density at radius 3 is 2.94 bits per heavy atom. The van der Waals surface area contributed by atoms with E-state index in [0.717, 1.165) is 0 Å². The van der Waals surface area contributed by atoms with E-state index in [2.05, 4.69) is 10.3 Å². The number of hydrogen-bond acceptors (Lipinski definition) is 9. The molecule has 4 heterocycles. The maximum atomic E-state index is 12.7. The average Bonchev–Trinajstić information content (AvgIpc) is 3.41. The van der Waals surface area contributed by atoms with Crippen LogP contribution in [0.3, 0.4) is 0 Å². The average molecular weight is 500 g/mol. The van der Waals surface area contributed by atoms with Crippen molar-refractivity contribution in [3.63, 3.8) is 0 Å². The first-order valence-electron chi connectivity index (χ1n) is 9.01. The number of aryl methyl sites for hydroxylation is 1. The van der Waals surface area contributed by atoms with Gasteiger partial charge in [0.25, 0.3) is 5.91 Å². The van der Waals surface area contributed by atoms with E-state index >= 15 is 0 Å². The van der Waals surface area contributed by atoms with Crippen LogP contribution in [0.25, 0.3) is 0 Å². The van der Waals surface area contributed by atoms with Crippen molar-refractivity contribution in [1.82, 2.24) is 15.2 Å². The monoisotopic (exact) mass is 499 g/mol. The molecule has 0 aromatic carbocycles. The molecule has 2 N–H and O–H groups in total. The van der Waals surface area contributed by atoms with Crippen LogP contribution in [0.1, 0.15) is 5.89 Å². The van der Waals surface area contributed by atoms with Gasteiger partial charge < -0.3 is 14.8 Å². The van der Waals surface area contributed by atoms with Gasteiger partial charge in [-0.05, 0) is 17.0 Å². The fourth-order valence-electron chi connectivity index (χ4n) is 3.16. The zero-order chi connectivity index (χ0) is 22.1. The molecular formula is C18H17N3O6S4. The number of thiophene rings is 1. The second-order valence-corrected chi connectivity index (χ2v) is 11.3. The molecule has 0 spiro atoms. The first-order valence-corrected chi connectivity index (χ1v) is 13.2. The minimum Gasteiger partial charge on any atom is -0.477 e. The minimum absolute atomic E-state index is 0.0508. The van der Waals surface area contributed by atoms with E-state index in [4.69, 9.17) is 4.42 Å². The molecule has 4 rings (SSSR count). The number of carbonyl (C=O) groups excluding carboxylic acids is 2. The molecule has 2 aromatic rings. The summed E-state index contributed by atoms with van der Waals surface area (Å²) < 4.78 is 18.2. The standard InChI is InChI=1S/C18H17N3O6S4/c1-9-19-5-12(27-9)29-6-10-7-30-17-14(16(23)21(17)15(10)18(24)25)20-11(22)8-31(26)13-3-2-4-28-13/h2-5,14,17H,6-8H2,1H3,(H,20,22)(H,24,25)/t14?,17-,31?/m0/s1. The van der Waals surface area contributed by atoms with Gasteiger partial charge in [0.1, 0.15) is 22.9 Å². The molecule has 0 saturated carbocycles. The smallest absolute Gasteiger partial charge is 0.352 e. The summed E-state index contributed by atoms with van der Waals surface area (Å²) in [5, 5.41) is 14.2. The Bertz CT molecular complexity index is 1080. The molecule has 0 aliphatic carbocycles. The number of aromatic nitrogens is 1. The number of aliphatic carboxylic acids is 1. The number of oxazole rings is 1. The third-order valence-corrected chi connectivity index (χ3v) is 9.46. The van der Waals surface area contributed by atoms with Crippen molar-refractivity contribution >= 4 is 63.4 Å². The summed E-state index contributed by atoms with van der Waals surface area (Å²) in [6.07, 6.45) is 1.57. The molecule has 164 valence electrons. The number of β-lactam (4-membered cyclic amide) rings is 1. The zero-order valence-electron chi connectivity index (χ0n) is 16.1. The molecule has 13 heteroatoms. The van der Waals surface area contributed by atoms with Crippen molar-refractivity contribution in [2.75, 3.05) is 17.3 Å². The van der Waals surface area contributed by atoms with Crippen molar-refractivity contribution < 1.29 is 28.1 Å². The number of carbonyl (C=O) groups is 3. The van der Waals surface area contributed by atoms with Gasteiger partial charge in [-0.2, -0.15) is 0 Å². The molecule has 3 atom stereocenters. The van der Waals surface area contributed by atoms with Crippen LogP contribution < -0.4 is 5.32 Å². The predicted molar refractivity (Wildman–Crippen MR) is 117 cm³/mol. The fraction of sp³-hybridized carbons (Fsp3) is 0.333. The highest BCUT2D eigenvalue weighted by Gasteiger charge is 2.54. The summed E-state index contributed by atoms with van der Waals surface area (Å²) in [5.74, 6) is -1.16. The first-order chi connectivity index (χ1) is 14.8. The van der Waals surface area contributed by atoms with Gasteiger partial charge in [-0.15, -0.1) is 23.1 Å². The summed E-state index contributed by atoms with van der Waals surface area (Å²) in [4.78, 5) is 42.1.